The van der Waals surface area contributed by atoms with Crippen molar-refractivity contribution < 1.29 is 9.90 Å². The lowest BCUT2D eigenvalue weighted by Gasteiger charge is -2.22. The third-order valence-corrected chi connectivity index (χ3v) is 2.77. The molecule has 0 aromatic carbocycles. The van der Waals surface area contributed by atoms with Crippen LogP contribution in [0.15, 0.2) is 11.0 Å². The number of aromatic carboxylic acids is 1. The highest BCUT2D eigenvalue weighted by Gasteiger charge is 2.21. The van der Waals surface area contributed by atoms with Crippen LogP contribution in [0.3, 0.4) is 0 Å². The number of carboxylic acid groups (broad SMARTS) is 1. The molecule has 1 N–H and O–H groups in total. The Kier molecular flexibility index (Phi) is 2.30. The Hall–Kier alpha value is -1.65. The molecule has 0 saturated heterocycles. The molecule has 0 radical (unpaired) electrons. The Bertz CT molecular complexity index is 464. The van der Waals surface area contributed by atoms with Crippen LogP contribution in [0.25, 0.3) is 0 Å². The summed E-state index contributed by atoms with van der Waals surface area (Å²) in [6.45, 7) is 2.57. The van der Waals surface area contributed by atoms with Crippen LogP contribution in [0.5, 0.6) is 0 Å². The van der Waals surface area contributed by atoms with Gasteiger partial charge in [-0.15, -0.1) is 0 Å². The summed E-state index contributed by atoms with van der Waals surface area (Å²) in [7, 11) is 0. The molecule has 5 heteroatoms. The Morgan fingerprint density at radius 3 is 3.07 bits per heavy atom. The summed E-state index contributed by atoms with van der Waals surface area (Å²) in [4.78, 5) is 26.5. The fourth-order valence-electron chi connectivity index (χ4n) is 1.95. The Morgan fingerprint density at radius 2 is 2.40 bits per heavy atom. The van der Waals surface area contributed by atoms with Gasteiger partial charge in [-0.25, -0.2) is 9.78 Å². The number of rotatable bonds is 1. The largest absolute Gasteiger partial charge is 0.477 e. The molecule has 1 unspecified atom stereocenters. The van der Waals surface area contributed by atoms with Crippen LogP contribution in [0.2, 0.25) is 0 Å². The van der Waals surface area contributed by atoms with Crippen molar-refractivity contribution in [3.63, 3.8) is 0 Å². The fourth-order valence-corrected chi connectivity index (χ4v) is 1.95. The first-order valence-corrected chi connectivity index (χ1v) is 4.94. The van der Waals surface area contributed by atoms with Gasteiger partial charge < -0.3 is 5.11 Å². The predicted octanol–water partition coefficient (Wildman–Crippen LogP) is 0.839. The van der Waals surface area contributed by atoms with E-state index in [1.165, 1.54) is 10.8 Å². The highest BCUT2D eigenvalue weighted by atomic mass is 16.4. The second kappa shape index (κ2) is 3.49. The number of aromatic nitrogens is 2. The van der Waals surface area contributed by atoms with Gasteiger partial charge in [-0.1, -0.05) is 6.92 Å². The van der Waals surface area contributed by atoms with Crippen LogP contribution in [0, 0.1) is 0 Å². The van der Waals surface area contributed by atoms with E-state index in [9.17, 15) is 9.59 Å². The van der Waals surface area contributed by atoms with E-state index in [-0.39, 0.29) is 11.5 Å². The van der Waals surface area contributed by atoms with Gasteiger partial charge in [-0.05, 0) is 12.8 Å². The second-order valence-electron chi connectivity index (χ2n) is 3.84. The predicted molar refractivity (Wildman–Crippen MR) is 53.1 cm³/mol. The van der Waals surface area contributed by atoms with Crippen LogP contribution in [-0.2, 0) is 6.54 Å². The zero-order valence-corrected chi connectivity index (χ0v) is 8.43. The molecule has 80 valence electrons. The third kappa shape index (κ3) is 1.54. The molecule has 0 fully saturated rings. The summed E-state index contributed by atoms with van der Waals surface area (Å²) in [5.41, 5.74) is -0.674. The van der Waals surface area contributed by atoms with E-state index in [0.717, 1.165) is 12.8 Å². The first-order chi connectivity index (χ1) is 7.11. The van der Waals surface area contributed by atoms with E-state index in [4.69, 9.17) is 5.11 Å². The molecular formula is C10H12N2O3. The molecule has 0 spiro atoms. The molecule has 1 aromatic heterocycles. The molecule has 15 heavy (non-hydrogen) atoms. The average Bonchev–Trinajstić information content (AvgIpc) is 2.19. The van der Waals surface area contributed by atoms with E-state index >= 15 is 0 Å². The minimum absolute atomic E-state index is 0.231. The average molecular weight is 208 g/mol. The van der Waals surface area contributed by atoms with Crippen molar-refractivity contribution in [3.8, 4) is 0 Å². The second-order valence-corrected chi connectivity index (χ2v) is 3.84. The molecule has 1 atom stereocenters. The SMILES string of the molecule is CC1CCCn2c1ncc(C(=O)O)c2=O. The van der Waals surface area contributed by atoms with E-state index in [1.807, 2.05) is 6.92 Å². The zero-order chi connectivity index (χ0) is 11.0. The van der Waals surface area contributed by atoms with E-state index in [1.54, 1.807) is 0 Å². The minimum Gasteiger partial charge on any atom is -0.477 e. The topological polar surface area (TPSA) is 72.2 Å². The maximum Gasteiger partial charge on any atom is 0.342 e. The van der Waals surface area contributed by atoms with Crippen molar-refractivity contribution in [1.29, 1.82) is 0 Å². The van der Waals surface area contributed by atoms with Crippen molar-refractivity contribution in [2.75, 3.05) is 0 Å². The van der Waals surface area contributed by atoms with Gasteiger partial charge in [0.2, 0.25) is 0 Å². The number of hydrogen-bond acceptors (Lipinski definition) is 3. The molecule has 5 nitrogen and oxygen atoms in total. The van der Waals surface area contributed by atoms with Gasteiger partial charge >= 0.3 is 5.97 Å². The van der Waals surface area contributed by atoms with Crippen molar-refractivity contribution in [2.45, 2.75) is 32.2 Å². The smallest absolute Gasteiger partial charge is 0.342 e. The monoisotopic (exact) mass is 208 g/mol. The number of nitrogens with zero attached hydrogens (tertiary/aromatic N) is 2. The molecule has 0 bridgehead atoms. The molecule has 1 aromatic rings. The summed E-state index contributed by atoms with van der Waals surface area (Å²) in [6.07, 6.45) is 3.07. The molecule has 0 aliphatic carbocycles. The van der Waals surface area contributed by atoms with Crippen LogP contribution >= 0.6 is 0 Å². The number of hydrogen-bond donors (Lipinski definition) is 1. The van der Waals surface area contributed by atoms with Crippen molar-refractivity contribution in [1.82, 2.24) is 9.55 Å². The van der Waals surface area contributed by atoms with E-state index < -0.39 is 11.5 Å². The molecule has 2 rings (SSSR count). The summed E-state index contributed by atoms with van der Waals surface area (Å²) >= 11 is 0. The maximum atomic E-state index is 11.7. The number of carboxylic acids is 1. The quantitative estimate of drug-likeness (QED) is 0.742. The molecule has 0 saturated carbocycles. The molecular weight excluding hydrogens is 196 g/mol. The van der Waals surface area contributed by atoms with Gasteiger partial charge in [0.15, 0.2) is 0 Å². The minimum atomic E-state index is -1.21. The van der Waals surface area contributed by atoms with Crippen LogP contribution < -0.4 is 5.56 Å². The van der Waals surface area contributed by atoms with E-state index in [2.05, 4.69) is 4.98 Å². The van der Waals surface area contributed by atoms with Crippen molar-refractivity contribution in [3.05, 3.63) is 27.9 Å². The molecule has 1 aliphatic rings. The van der Waals surface area contributed by atoms with E-state index in [0.29, 0.717) is 12.4 Å². The molecule has 0 amide bonds. The van der Waals surface area contributed by atoms with Crippen LogP contribution in [0.1, 0.15) is 41.9 Å². The lowest BCUT2D eigenvalue weighted by atomic mass is 10.0. The van der Waals surface area contributed by atoms with Gasteiger partial charge in [0.25, 0.3) is 5.56 Å². The Morgan fingerprint density at radius 1 is 1.67 bits per heavy atom. The number of carbonyl (C=O) groups is 1. The van der Waals surface area contributed by atoms with Crippen molar-refractivity contribution in [2.24, 2.45) is 0 Å². The van der Waals surface area contributed by atoms with Gasteiger partial charge in [0.1, 0.15) is 11.4 Å². The molecule has 2 heterocycles. The van der Waals surface area contributed by atoms with Crippen LogP contribution in [0.4, 0.5) is 0 Å². The lowest BCUT2D eigenvalue weighted by molar-refractivity contribution is 0.0693. The summed E-state index contributed by atoms with van der Waals surface area (Å²) in [6, 6.07) is 0. The fraction of sp³-hybridized carbons (Fsp3) is 0.500. The molecule has 1 aliphatic heterocycles. The zero-order valence-electron chi connectivity index (χ0n) is 8.43. The maximum absolute atomic E-state index is 11.7. The summed E-state index contributed by atoms with van der Waals surface area (Å²) in [5.74, 6) is -0.272. The van der Waals surface area contributed by atoms with Gasteiger partial charge in [0.05, 0.1) is 0 Å². The first kappa shape index (κ1) is 9.89. The van der Waals surface area contributed by atoms with Gasteiger partial charge in [0, 0.05) is 18.7 Å². The Labute approximate surface area is 86.4 Å². The van der Waals surface area contributed by atoms with Gasteiger partial charge in [-0.2, -0.15) is 0 Å². The third-order valence-electron chi connectivity index (χ3n) is 2.77. The lowest BCUT2D eigenvalue weighted by Crippen LogP contribution is -2.33. The standard InChI is InChI=1S/C10H12N2O3/c1-6-3-2-4-12-8(6)11-5-7(9(12)13)10(14)15/h5-6H,2-4H2,1H3,(H,14,15). The highest BCUT2D eigenvalue weighted by molar-refractivity contribution is 5.86. The number of fused-ring (bicyclic) bond motifs is 1. The summed E-state index contributed by atoms with van der Waals surface area (Å²) in [5, 5.41) is 8.78. The first-order valence-electron chi connectivity index (χ1n) is 4.94. The van der Waals surface area contributed by atoms with Gasteiger partial charge in [-0.3, -0.25) is 9.36 Å². The normalized spacial score (nSPS) is 19.7. The summed E-state index contributed by atoms with van der Waals surface area (Å²) < 4.78 is 1.48. The van der Waals surface area contributed by atoms with Crippen molar-refractivity contribution >= 4 is 5.97 Å². The Balaban J connectivity index is 2.62. The highest BCUT2D eigenvalue weighted by Crippen LogP contribution is 2.22. The van der Waals surface area contributed by atoms with Crippen LogP contribution in [-0.4, -0.2) is 20.6 Å².